The summed E-state index contributed by atoms with van der Waals surface area (Å²) >= 11 is 11.6. The molecule has 1 aliphatic heterocycles. The van der Waals surface area contributed by atoms with E-state index in [-0.39, 0.29) is 23.3 Å². The molecule has 0 aromatic heterocycles. The zero-order chi connectivity index (χ0) is 14.0. The van der Waals surface area contributed by atoms with Gasteiger partial charge in [0, 0.05) is 12.1 Å². The molecule has 0 unspecified atom stereocenters. The fourth-order valence-electron chi connectivity index (χ4n) is 1.48. The Hall–Kier alpha value is -1.18. The van der Waals surface area contributed by atoms with Crippen LogP contribution in [0.4, 0.5) is 10.1 Å². The number of hydrogen-bond acceptors (Lipinski definition) is 4. The molecule has 4 nitrogen and oxygen atoms in total. The highest BCUT2D eigenvalue weighted by Gasteiger charge is 2.30. The lowest BCUT2D eigenvalue weighted by molar-refractivity contribution is -0.122. The molecule has 0 radical (unpaired) electrons. The van der Waals surface area contributed by atoms with Crippen LogP contribution in [-0.2, 0) is 9.59 Å². The van der Waals surface area contributed by atoms with Crippen molar-refractivity contribution in [1.82, 2.24) is 5.32 Å². The van der Waals surface area contributed by atoms with Crippen molar-refractivity contribution in [2.75, 3.05) is 5.32 Å². The average molecular weight is 319 g/mol. The van der Waals surface area contributed by atoms with Crippen molar-refractivity contribution in [3.63, 3.8) is 0 Å². The van der Waals surface area contributed by atoms with Crippen molar-refractivity contribution in [2.24, 2.45) is 0 Å². The predicted molar refractivity (Wildman–Crippen MR) is 76.8 cm³/mol. The molecule has 0 aliphatic carbocycles. The second kappa shape index (κ2) is 5.85. The number of carbonyl (C=O) groups is 2. The number of halogens is 2. The number of carbonyl (C=O) groups excluding carboxylic acids is 2. The maximum Gasteiger partial charge on any atom is 0.239 e. The minimum atomic E-state index is -0.559. The monoisotopic (exact) mass is 318 g/mol. The standard InChI is InChI=1S/C11H8ClFN2O2S2/c12-6-3-5(1-2-7(6)13)14-9(16)4-8-10(17)15-11(18)19-8/h1-3,8H,4H2,(H,14,16)(H,15,17,18)/t8-/m0/s1. The molecular weight excluding hydrogens is 311 g/mol. The largest absolute Gasteiger partial charge is 0.326 e. The second-order valence-corrected chi connectivity index (χ2v) is 6.05. The molecule has 2 rings (SSSR count). The fourth-order valence-corrected chi connectivity index (χ4v) is 2.93. The molecule has 1 saturated heterocycles. The number of anilines is 1. The van der Waals surface area contributed by atoms with Crippen LogP contribution in [0.2, 0.25) is 5.02 Å². The van der Waals surface area contributed by atoms with Crippen molar-refractivity contribution in [2.45, 2.75) is 11.7 Å². The van der Waals surface area contributed by atoms with Gasteiger partial charge in [0.05, 0.1) is 10.3 Å². The minimum Gasteiger partial charge on any atom is -0.326 e. The van der Waals surface area contributed by atoms with Gasteiger partial charge in [-0.1, -0.05) is 35.6 Å². The molecule has 1 aliphatic rings. The van der Waals surface area contributed by atoms with E-state index in [1.54, 1.807) is 0 Å². The summed E-state index contributed by atoms with van der Waals surface area (Å²) in [5.74, 6) is -1.20. The maximum atomic E-state index is 12.9. The molecule has 0 bridgehead atoms. The van der Waals surface area contributed by atoms with Gasteiger partial charge in [0.2, 0.25) is 11.8 Å². The summed E-state index contributed by atoms with van der Waals surface area (Å²) in [6.45, 7) is 0. The predicted octanol–water partition coefficient (Wildman–Crippen LogP) is 2.32. The zero-order valence-corrected chi connectivity index (χ0v) is 11.8. The Labute approximate surface area is 123 Å². The molecule has 8 heteroatoms. The van der Waals surface area contributed by atoms with Crippen LogP contribution in [0.1, 0.15) is 6.42 Å². The Kier molecular flexibility index (Phi) is 4.38. The van der Waals surface area contributed by atoms with Gasteiger partial charge >= 0.3 is 0 Å². The Morgan fingerprint density at radius 2 is 2.32 bits per heavy atom. The molecule has 100 valence electrons. The normalized spacial score (nSPS) is 18.3. The lowest BCUT2D eigenvalue weighted by Gasteiger charge is -2.08. The Balaban J connectivity index is 1.96. The van der Waals surface area contributed by atoms with Crippen molar-refractivity contribution >= 4 is 57.4 Å². The van der Waals surface area contributed by atoms with Gasteiger partial charge in [0.1, 0.15) is 10.1 Å². The summed E-state index contributed by atoms with van der Waals surface area (Å²) in [7, 11) is 0. The SMILES string of the molecule is O=C(C[C@@H]1SC(=S)NC1=O)Nc1ccc(F)c(Cl)c1. The molecule has 1 heterocycles. The summed E-state index contributed by atoms with van der Waals surface area (Å²) in [6, 6.07) is 3.86. The van der Waals surface area contributed by atoms with Crippen LogP contribution in [0, 0.1) is 5.82 Å². The van der Waals surface area contributed by atoms with Crippen molar-refractivity contribution < 1.29 is 14.0 Å². The van der Waals surface area contributed by atoms with Crippen LogP contribution in [-0.4, -0.2) is 21.4 Å². The van der Waals surface area contributed by atoms with Crippen molar-refractivity contribution in [1.29, 1.82) is 0 Å². The van der Waals surface area contributed by atoms with E-state index < -0.39 is 11.1 Å². The number of amides is 2. The molecule has 0 spiro atoms. The Morgan fingerprint density at radius 3 is 2.89 bits per heavy atom. The van der Waals surface area contributed by atoms with E-state index >= 15 is 0 Å². The topological polar surface area (TPSA) is 58.2 Å². The number of hydrogen-bond donors (Lipinski definition) is 2. The van der Waals surface area contributed by atoms with Gasteiger partial charge in [-0.25, -0.2) is 4.39 Å². The lowest BCUT2D eigenvalue weighted by Crippen LogP contribution is -2.27. The molecule has 1 fully saturated rings. The van der Waals surface area contributed by atoms with E-state index in [2.05, 4.69) is 10.6 Å². The van der Waals surface area contributed by atoms with Gasteiger partial charge in [-0.2, -0.15) is 0 Å². The lowest BCUT2D eigenvalue weighted by atomic mass is 10.2. The average Bonchev–Trinajstić information content (AvgIpc) is 2.62. The van der Waals surface area contributed by atoms with Crippen LogP contribution in [0.15, 0.2) is 18.2 Å². The van der Waals surface area contributed by atoms with E-state index in [1.807, 2.05) is 0 Å². The maximum absolute atomic E-state index is 12.9. The second-order valence-electron chi connectivity index (χ2n) is 3.76. The third kappa shape index (κ3) is 3.65. The zero-order valence-electron chi connectivity index (χ0n) is 9.41. The third-order valence-electron chi connectivity index (χ3n) is 2.34. The van der Waals surface area contributed by atoms with Gasteiger partial charge in [-0.3, -0.25) is 9.59 Å². The van der Waals surface area contributed by atoms with Gasteiger partial charge in [-0.15, -0.1) is 0 Å². The van der Waals surface area contributed by atoms with E-state index in [0.717, 1.165) is 17.8 Å². The first-order valence-corrected chi connectivity index (χ1v) is 6.88. The summed E-state index contributed by atoms with van der Waals surface area (Å²) in [5, 5.41) is 4.40. The van der Waals surface area contributed by atoms with Gasteiger partial charge < -0.3 is 10.6 Å². The Morgan fingerprint density at radius 1 is 1.58 bits per heavy atom. The van der Waals surface area contributed by atoms with Crippen LogP contribution in [0.25, 0.3) is 0 Å². The van der Waals surface area contributed by atoms with Crippen molar-refractivity contribution in [3.05, 3.63) is 29.0 Å². The van der Waals surface area contributed by atoms with Gasteiger partial charge in [-0.05, 0) is 18.2 Å². The highest BCUT2D eigenvalue weighted by Crippen LogP contribution is 2.23. The molecule has 1 aromatic rings. The molecule has 0 saturated carbocycles. The van der Waals surface area contributed by atoms with Crippen molar-refractivity contribution in [3.8, 4) is 0 Å². The molecule has 2 N–H and O–H groups in total. The molecule has 2 amide bonds. The fraction of sp³-hybridized carbons (Fsp3) is 0.182. The van der Waals surface area contributed by atoms with Crippen LogP contribution in [0.3, 0.4) is 0 Å². The van der Waals surface area contributed by atoms with E-state index in [9.17, 15) is 14.0 Å². The molecule has 19 heavy (non-hydrogen) atoms. The highest BCUT2D eigenvalue weighted by molar-refractivity contribution is 8.24. The third-order valence-corrected chi connectivity index (χ3v) is 4.00. The summed E-state index contributed by atoms with van der Waals surface area (Å²) in [4.78, 5) is 23.1. The molecule has 1 atom stereocenters. The van der Waals surface area contributed by atoms with E-state index in [1.165, 1.54) is 12.1 Å². The number of thiocarbonyl (C=S) groups is 1. The van der Waals surface area contributed by atoms with Gasteiger partial charge in [0.25, 0.3) is 0 Å². The van der Waals surface area contributed by atoms with Gasteiger partial charge in [0.15, 0.2) is 0 Å². The van der Waals surface area contributed by atoms with Crippen LogP contribution >= 0.6 is 35.6 Å². The first kappa shape index (κ1) is 14.2. The first-order chi connectivity index (χ1) is 8.95. The summed E-state index contributed by atoms with van der Waals surface area (Å²) < 4.78 is 13.3. The van der Waals surface area contributed by atoms with Crippen LogP contribution < -0.4 is 10.6 Å². The summed E-state index contributed by atoms with van der Waals surface area (Å²) in [5.41, 5.74) is 0.377. The number of benzene rings is 1. The smallest absolute Gasteiger partial charge is 0.239 e. The van der Waals surface area contributed by atoms with Crippen LogP contribution in [0.5, 0.6) is 0 Å². The summed E-state index contributed by atoms with van der Waals surface area (Å²) in [6.07, 6.45) is -0.00830. The Bertz CT molecular complexity index is 568. The van der Waals surface area contributed by atoms with E-state index in [4.69, 9.17) is 23.8 Å². The molecular formula is C11H8ClFN2O2S2. The molecule has 1 aromatic carbocycles. The number of nitrogens with one attached hydrogen (secondary N) is 2. The number of rotatable bonds is 3. The minimum absolute atomic E-state index is 0.00830. The first-order valence-electron chi connectivity index (χ1n) is 5.22. The van der Waals surface area contributed by atoms with E-state index in [0.29, 0.717) is 10.0 Å². The highest BCUT2D eigenvalue weighted by atomic mass is 35.5. The quantitative estimate of drug-likeness (QED) is 0.840. The number of thioether (sulfide) groups is 1.